The van der Waals surface area contributed by atoms with Crippen LogP contribution in [0.25, 0.3) is 5.65 Å². The Morgan fingerprint density at radius 1 is 1.11 bits per heavy atom. The zero-order valence-electron chi connectivity index (χ0n) is 15.6. The summed E-state index contributed by atoms with van der Waals surface area (Å²) in [4.78, 5) is 4.60. The Labute approximate surface area is 166 Å². The number of ether oxygens (including phenoxy) is 2. The van der Waals surface area contributed by atoms with Gasteiger partial charge in [0.25, 0.3) is 0 Å². The number of rotatable bonds is 7. The van der Waals surface area contributed by atoms with Crippen LogP contribution in [0.3, 0.4) is 0 Å². The van der Waals surface area contributed by atoms with Crippen molar-refractivity contribution in [2.45, 2.75) is 24.4 Å². The van der Waals surface area contributed by atoms with Crippen LogP contribution in [0.4, 0.5) is 0 Å². The Morgan fingerprint density at radius 3 is 2.82 bits per heavy atom. The van der Waals surface area contributed by atoms with Gasteiger partial charge in [-0.25, -0.2) is 9.66 Å². The van der Waals surface area contributed by atoms with Crippen LogP contribution in [0.5, 0.6) is 11.5 Å². The van der Waals surface area contributed by atoms with Crippen LogP contribution in [0, 0.1) is 6.92 Å². The highest BCUT2D eigenvalue weighted by molar-refractivity contribution is 7.98. The largest absolute Gasteiger partial charge is 0.497 e. The molecule has 0 aliphatic carbocycles. The zero-order valence-corrected chi connectivity index (χ0v) is 16.4. The first-order valence-electron chi connectivity index (χ1n) is 8.65. The van der Waals surface area contributed by atoms with Gasteiger partial charge in [0.05, 0.1) is 12.8 Å². The summed E-state index contributed by atoms with van der Waals surface area (Å²) in [5.41, 5.74) is 3.06. The summed E-state index contributed by atoms with van der Waals surface area (Å²) in [7, 11) is 1.61. The van der Waals surface area contributed by atoms with Gasteiger partial charge in [0.15, 0.2) is 5.82 Å². The fourth-order valence-electron chi connectivity index (χ4n) is 2.71. The van der Waals surface area contributed by atoms with Crippen molar-refractivity contribution in [3.05, 3.63) is 65.9 Å². The van der Waals surface area contributed by atoms with Gasteiger partial charge < -0.3 is 19.7 Å². The van der Waals surface area contributed by atoms with Gasteiger partial charge in [-0.05, 0) is 30.7 Å². The van der Waals surface area contributed by atoms with Gasteiger partial charge in [0.1, 0.15) is 23.8 Å². The van der Waals surface area contributed by atoms with E-state index in [1.165, 1.54) is 22.0 Å². The van der Waals surface area contributed by atoms with Crippen LogP contribution in [-0.4, -0.2) is 31.4 Å². The minimum atomic E-state index is 0.213. The molecule has 1 aromatic carbocycles. The number of methoxy groups -OCH3 is 1. The molecular formula is C19H20N6O2S. The van der Waals surface area contributed by atoms with E-state index in [2.05, 4.69) is 28.3 Å². The number of benzene rings is 1. The van der Waals surface area contributed by atoms with E-state index in [9.17, 15) is 0 Å². The SMILES string of the molecule is COc1cccc(OCc2nnc(SCc3cn4cc(C)ccc4n3)n2N)c1. The molecule has 3 aromatic heterocycles. The minimum Gasteiger partial charge on any atom is -0.497 e. The predicted molar refractivity (Wildman–Crippen MR) is 107 cm³/mol. The standard InChI is InChI=1S/C19H20N6O2S/c1-13-6-7-17-21-14(10-24(17)9-13)12-28-19-23-22-18(25(19)20)11-27-16-5-3-4-15(8-16)26-2/h3-10H,11-12,20H2,1-2H3. The van der Waals surface area contributed by atoms with E-state index in [-0.39, 0.29) is 6.61 Å². The van der Waals surface area contributed by atoms with Gasteiger partial charge in [-0.15, -0.1) is 10.2 Å². The fourth-order valence-corrected chi connectivity index (χ4v) is 3.47. The minimum absolute atomic E-state index is 0.213. The number of nitrogens with two attached hydrogens (primary N) is 1. The number of aryl methyl sites for hydroxylation is 1. The fraction of sp³-hybridized carbons (Fsp3) is 0.211. The maximum Gasteiger partial charge on any atom is 0.210 e. The molecule has 0 radical (unpaired) electrons. The first-order chi connectivity index (χ1) is 13.6. The molecule has 0 amide bonds. The molecule has 0 bridgehead atoms. The summed E-state index contributed by atoms with van der Waals surface area (Å²) in [5.74, 6) is 8.71. The van der Waals surface area contributed by atoms with Gasteiger partial charge in [-0.2, -0.15) is 0 Å². The second kappa shape index (κ2) is 7.81. The molecule has 9 heteroatoms. The third-order valence-electron chi connectivity index (χ3n) is 4.14. The molecule has 3 heterocycles. The number of pyridine rings is 1. The van der Waals surface area contributed by atoms with Crippen LogP contribution in [-0.2, 0) is 12.4 Å². The highest BCUT2D eigenvalue weighted by atomic mass is 32.2. The van der Waals surface area contributed by atoms with E-state index in [1.54, 1.807) is 13.2 Å². The van der Waals surface area contributed by atoms with Crippen molar-refractivity contribution in [2.24, 2.45) is 0 Å². The van der Waals surface area contributed by atoms with Crippen LogP contribution in [0.15, 0.2) is 53.9 Å². The second-order valence-electron chi connectivity index (χ2n) is 6.23. The summed E-state index contributed by atoms with van der Waals surface area (Å²) >= 11 is 1.48. The summed E-state index contributed by atoms with van der Waals surface area (Å²) in [6.45, 7) is 2.27. The van der Waals surface area contributed by atoms with Gasteiger partial charge in [-0.1, -0.05) is 23.9 Å². The van der Waals surface area contributed by atoms with Gasteiger partial charge in [0.2, 0.25) is 5.16 Å². The maximum absolute atomic E-state index is 6.12. The Balaban J connectivity index is 1.39. The van der Waals surface area contributed by atoms with Crippen molar-refractivity contribution in [1.82, 2.24) is 24.3 Å². The molecule has 144 valence electrons. The number of imidazole rings is 1. The van der Waals surface area contributed by atoms with Crippen LogP contribution in [0.2, 0.25) is 0 Å². The molecule has 8 nitrogen and oxygen atoms in total. The molecule has 0 aliphatic heterocycles. The molecule has 28 heavy (non-hydrogen) atoms. The summed E-state index contributed by atoms with van der Waals surface area (Å²) in [5, 5.41) is 8.89. The number of nitrogen functional groups attached to an aromatic ring is 1. The van der Waals surface area contributed by atoms with E-state index in [4.69, 9.17) is 15.3 Å². The molecule has 0 saturated heterocycles. The number of fused-ring (bicyclic) bond motifs is 1. The van der Waals surface area contributed by atoms with Crippen molar-refractivity contribution in [1.29, 1.82) is 0 Å². The number of aromatic nitrogens is 5. The first kappa shape index (κ1) is 18.2. The number of thioether (sulfide) groups is 1. The highest BCUT2D eigenvalue weighted by Gasteiger charge is 2.12. The monoisotopic (exact) mass is 396 g/mol. The lowest BCUT2D eigenvalue weighted by Gasteiger charge is -2.07. The van der Waals surface area contributed by atoms with Gasteiger partial charge in [-0.3, -0.25) is 0 Å². The first-order valence-corrected chi connectivity index (χ1v) is 9.64. The van der Waals surface area contributed by atoms with Crippen LogP contribution in [0.1, 0.15) is 17.1 Å². The quantitative estimate of drug-likeness (QED) is 0.379. The molecule has 2 N–H and O–H groups in total. The summed E-state index contributed by atoms with van der Waals surface area (Å²) < 4.78 is 14.4. The summed E-state index contributed by atoms with van der Waals surface area (Å²) in [6, 6.07) is 11.4. The average molecular weight is 396 g/mol. The number of nitrogens with zero attached hydrogens (tertiary/aromatic N) is 5. The highest BCUT2D eigenvalue weighted by Crippen LogP contribution is 2.22. The van der Waals surface area contributed by atoms with Gasteiger partial charge >= 0.3 is 0 Å². The van der Waals surface area contributed by atoms with E-state index < -0.39 is 0 Å². The van der Waals surface area contributed by atoms with E-state index >= 15 is 0 Å². The molecule has 0 aliphatic rings. The lowest BCUT2D eigenvalue weighted by molar-refractivity contribution is 0.289. The zero-order chi connectivity index (χ0) is 19.5. The molecule has 0 atom stereocenters. The topological polar surface area (TPSA) is 92.5 Å². The van der Waals surface area contributed by atoms with E-state index in [1.807, 2.05) is 40.9 Å². The smallest absolute Gasteiger partial charge is 0.210 e. The van der Waals surface area contributed by atoms with Crippen molar-refractivity contribution in [2.75, 3.05) is 13.0 Å². The van der Waals surface area contributed by atoms with E-state index in [0.717, 1.165) is 17.1 Å². The maximum atomic E-state index is 6.12. The molecule has 4 rings (SSSR count). The lowest BCUT2D eigenvalue weighted by Crippen LogP contribution is -2.15. The van der Waals surface area contributed by atoms with Crippen LogP contribution < -0.4 is 15.3 Å². The molecular weight excluding hydrogens is 376 g/mol. The average Bonchev–Trinajstić information content (AvgIpc) is 3.27. The van der Waals surface area contributed by atoms with Crippen molar-refractivity contribution in [3.8, 4) is 11.5 Å². The molecule has 4 aromatic rings. The number of hydrogen-bond donors (Lipinski definition) is 1. The molecule has 0 spiro atoms. The Kier molecular flexibility index (Phi) is 5.07. The third-order valence-corrected chi connectivity index (χ3v) is 5.12. The molecule has 0 unspecified atom stereocenters. The molecule has 0 saturated carbocycles. The Morgan fingerprint density at radius 2 is 1.96 bits per heavy atom. The van der Waals surface area contributed by atoms with Crippen molar-refractivity contribution in [3.63, 3.8) is 0 Å². The Bertz CT molecular complexity index is 1110. The van der Waals surface area contributed by atoms with Crippen molar-refractivity contribution < 1.29 is 9.47 Å². The number of hydrogen-bond acceptors (Lipinski definition) is 7. The second-order valence-corrected chi connectivity index (χ2v) is 7.17. The van der Waals surface area contributed by atoms with Gasteiger partial charge in [0, 0.05) is 24.2 Å². The van der Waals surface area contributed by atoms with Crippen LogP contribution >= 0.6 is 11.8 Å². The normalized spacial score (nSPS) is 11.1. The van der Waals surface area contributed by atoms with E-state index in [0.29, 0.717) is 22.5 Å². The molecule has 0 fully saturated rings. The summed E-state index contributed by atoms with van der Waals surface area (Å²) in [6.07, 6.45) is 4.06. The Hall–Kier alpha value is -3.20. The lowest BCUT2D eigenvalue weighted by atomic mass is 10.3. The van der Waals surface area contributed by atoms with Crippen molar-refractivity contribution >= 4 is 17.4 Å². The third kappa shape index (κ3) is 3.89. The predicted octanol–water partition coefficient (Wildman–Crippen LogP) is 2.83.